The summed E-state index contributed by atoms with van der Waals surface area (Å²) < 4.78 is 78.0. The molecule has 3 aromatic carbocycles. The van der Waals surface area contributed by atoms with Gasteiger partial charge in [0, 0.05) is 61.4 Å². The Bertz CT molecular complexity index is 1530. The zero-order chi connectivity index (χ0) is 29.2. The van der Waals surface area contributed by atoms with Gasteiger partial charge in [-0.25, -0.2) is 4.79 Å². The molecule has 0 saturated carbocycles. The smallest absolute Gasteiger partial charge is 0.355 e. The lowest BCUT2D eigenvalue weighted by Gasteiger charge is -2.34. The second kappa shape index (κ2) is 11.3. The average Bonchev–Trinajstić information content (AvgIpc) is 2.93. The van der Waals surface area contributed by atoms with Gasteiger partial charge in [0.2, 0.25) is 0 Å². The second-order valence-corrected chi connectivity index (χ2v) is 9.68. The monoisotopic (exact) mass is 573 g/mol. The summed E-state index contributed by atoms with van der Waals surface area (Å²) in [6.07, 6.45) is -7.47. The first kappa shape index (κ1) is 28.2. The third-order valence-corrected chi connectivity index (χ3v) is 6.81. The van der Waals surface area contributed by atoms with E-state index in [4.69, 9.17) is 0 Å². The lowest BCUT2D eigenvalue weighted by molar-refractivity contribution is -0.138. The quantitative estimate of drug-likeness (QED) is 0.245. The van der Waals surface area contributed by atoms with E-state index in [9.17, 15) is 31.1 Å². The molecule has 0 aliphatic carbocycles. The second-order valence-electron chi connectivity index (χ2n) is 9.68. The van der Waals surface area contributed by atoms with Crippen LogP contribution in [0.3, 0.4) is 0 Å². The van der Waals surface area contributed by atoms with E-state index in [1.165, 1.54) is 24.4 Å². The lowest BCUT2D eigenvalue weighted by Crippen LogP contribution is -2.49. The summed E-state index contributed by atoms with van der Waals surface area (Å²) in [6.45, 7) is 2.69. The molecule has 0 radical (unpaired) electrons. The van der Waals surface area contributed by atoms with Crippen LogP contribution in [0.4, 0.5) is 48.2 Å². The van der Waals surface area contributed by atoms with Gasteiger partial charge in [-0.2, -0.15) is 26.3 Å². The number of hydrogen-bond donors (Lipinski definition) is 2. The molecular formula is C29H25F6N5O. The lowest BCUT2D eigenvalue weighted by atomic mass is 10.1. The van der Waals surface area contributed by atoms with Crippen LogP contribution in [0.15, 0.2) is 79.0 Å². The Kier molecular flexibility index (Phi) is 7.76. The van der Waals surface area contributed by atoms with Crippen LogP contribution in [0.1, 0.15) is 16.7 Å². The summed E-state index contributed by atoms with van der Waals surface area (Å²) in [5, 5.41) is 6.35. The molecule has 0 spiro atoms. The minimum atomic E-state index is -4.49. The normalized spacial score (nSPS) is 14.7. The van der Waals surface area contributed by atoms with Crippen molar-refractivity contribution >= 4 is 34.0 Å². The molecule has 0 bridgehead atoms. The molecule has 5 rings (SSSR count). The molecular weight excluding hydrogens is 548 g/mol. The van der Waals surface area contributed by atoms with E-state index in [0.29, 0.717) is 43.8 Å². The zero-order valence-electron chi connectivity index (χ0n) is 21.6. The first-order valence-electron chi connectivity index (χ1n) is 12.7. The molecule has 0 atom stereocenters. The minimum absolute atomic E-state index is 0.0896. The third kappa shape index (κ3) is 6.88. The molecule has 1 aromatic heterocycles. The Balaban J connectivity index is 1.14. The van der Waals surface area contributed by atoms with E-state index in [2.05, 4.69) is 20.5 Å². The van der Waals surface area contributed by atoms with E-state index >= 15 is 0 Å². The van der Waals surface area contributed by atoms with Crippen LogP contribution < -0.4 is 10.6 Å². The fraction of sp³-hybridized carbons (Fsp3) is 0.241. The van der Waals surface area contributed by atoms with Gasteiger partial charge < -0.3 is 15.5 Å². The number of piperazine rings is 1. The van der Waals surface area contributed by atoms with Crippen molar-refractivity contribution in [1.82, 2.24) is 14.8 Å². The van der Waals surface area contributed by atoms with Gasteiger partial charge >= 0.3 is 18.4 Å². The van der Waals surface area contributed by atoms with Crippen LogP contribution in [0.25, 0.3) is 10.9 Å². The average molecular weight is 574 g/mol. The largest absolute Gasteiger partial charge is 0.416 e. The fourth-order valence-electron chi connectivity index (χ4n) is 4.63. The van der Waals surface area contributed by atoms with Crippen LogP contribution in [0, 0.1) is 0 Å². The van der Waals surface area contributed by atoms with Crippen LogP contribution in [-0.2, 0) is 18.9 Å². The first-order chi connectivity index (χ1) is 19.5. The van der Waals surface area contributed by atoms with Crippen molar-refractivity contribution < 1.29 is 31.1 Å². The summed E-state index contributed by atoms with van der Waals surface area (Å²) >= 11 is 0. The summed E-state index contributed by atoms with van der Waals surface area (Å²) in [5.41, 5.74) is 1.18. The molecule has 4 aromatic rings. The van der Waals surface area contributed by atoms with Crippen molar-refractivity contribution in [3.63, 3.8) is 0 Å². The number of aromatic nitrogens is 1. The van der Waals surface area contributed by atoms with Crippen LogP contribution in [-0.4, -0.2) is 47.0 Å². The Morgan fingerprint density at radius 3 is 2.15 bits per heavy atom. The Hall–Kier alpha value is -4.32. The summed E-state index contributed by atoms with van der Waals surface area (Å²) in [6, 6.07) is 16.9. The van der Waals surface area contributed by atoms with Crippen molar-refractivity contribution in [2.45, 2.75) is 18.9 Å². The van der Waals surface area contributed by atoms with E-state index in [1.54, 1.807) is 11.0 Å². The van der Waals surface area contributed by atoms with Crippen molar-refractivity contribution in [1.29, 1.82) is 0 Å². The van der Waals surface area contributed by atoms with Gasteiger partial charge in [-0.15, -0.1) is 0 Å². The number of rotatable bonds is 5. The van der Waals surface area contributed by atoms with Crippen molar-refractivity contribution in [2.75, 3.05) is 36.8 Å². The number of nitrogens with one attached hydrogen (secondary N) is 2. The Morgan fingerprint density at radius 1 is 0.780 bits per heavy atom. The SMILES string of the molecule is O=C(Nc1cccc(C(F)(F)F)c1)N1CCN(Cc2ccc(Nc3ccnc4cc(C(F)(F)F)ccc34)cc2)CC1. The molecule has 1 saturated heterocycles. The Morgan fingerprint density at radius 2 is 1.46 bits per heavy atom. The fourth-order valence-corrected chi connectivity index (χ4v) is 4.63. The number of amides is 2. The number of hydrogen-bond acceptors (Lipinski definition) is 4. The molecule has 1 aliphatic heterocycles. The Labute approximate surface area is 231 Å². The number of pyridine rings is 1. The number of anilines is 3. The molecule has 2 amide bonds. The van der Waals surface area contributed by atoms with Crippen molar-refractivity contribution in [2.24, 2.45) is 0 Å². The standard InChI is InChI=1S/C29H25F6N5O/c30-28(31,32)20-2-1-3-23(16-20)38-27(41)40-14-12-39(13-15-40)18-19-4-7-22(8-5-19)37-25-10-11-36-26-17-21(29(33,34)35)6-9-24(25)26/h1-11,16-17H,12-15,18H2,(H,36,37)(H,38,41). The minimum Gasteiger partial charge on any atom is -0.355 e. The highest BCUT2D eigenvalue weighted by Crippen LogP contribution is 2.34. The molecule has 2 N–H and O–H groups in total. The summed E-state index contributed by atoms with van der Waals surface area (Å²) in [4.78, 5) is 20.4. The number of carbonyl (C=O) groups excluding carboxylic acids is 1. The molecule has 2 heterocycles. The van der Waals surface area contributed by atoms with E-state index < -0.39 is 29.5 Å². The number of alkyl halides is 6. The van der Waals surface area contributed by atoms with E-state index in [0.717, 1.165) is 35.5 Å². The number of benzene rings is 3. The molecule has 12 heteroatoms. The van der Waals surface area contributed by atoms with Gasteiger partial charge in [0.25, 0.3) is 0 Å². The topological polar surface area (TPSA) is 60.5 Å². The van der Waals surface area contributed by atoms with E-state index in [1.807, 2.05) is 24.3 Å². The highest BCUT2D eigenvalue weighted by molar-refractivity contribution is 5.93. The molecule has 1 aliphatic rings. The maximum atomic E-state index is 13.1. The first-order valence-corrected chi connectivity index (χ1v) is 12.7. The highest BCUT2D eigenvalue weighted by atomic mass is 19.4. The van der Waals surface area contributed by atoms with Crippen molar-refractivity contribution in [3.8, 4) is 0 Å². The van der Waals surface area contributed by atoms with Crippen LogP contribution in [0.5, 0.6) is 0 Å². The van der Waals surface area contributed by atoms with Gasteiger partial charge in [-0.05, 0) is 54.1 Å². The molecule has 6 nitrogen and oxygen atoms in total. The van der Waals surface area contributed by atoms with E-state index in [-0.39, 0.29) is 11.2 Å². The number of nitrogens with zero attached hydrogens (tertiary/aromatic N) is 3. The summed E-state index contributed by atoms with van der Waals surface area (Å²) in [5.74, 6) is 0. The van der Waals surface area contributed by atoms with Crippen molar-refractivity contribution in [3.05, 3.63) is 95.7 Å². The molecule has 1 fully saturated rings. The number of fused-ring (bicyclic) bond motifs is 1. The summed E-state index contributed by atoms with van der Waals surface area (Å²) in [7, 11) is 0. The predicted molar refractivity (Wildman–Crippen MR) is 144 cm³/mol. The maximum Gasteiger partial charge on any atom is 0.416 e. The maximum absolute atomic E-state index is 13.1. The van der Waals surface area contributed by atoms with Crippen LogP contribution >= 0.6 is 0 Å². The van der Waals surface area contributed by atoms with Gasteiger partial charge in [0.1, 0.15) is 0 Å². The third-order valence-electron chi connectivity index (χ3n) is 6.81. The molecule has 0 unspecified atom stereocenters. The van der Waals surface area contributed by atoms with Crippen LogP contribution in [0.2, 0.25) is 0 Å². The van der Waals surface area contributed by atoms with Gasteiger partial charge in [-0.3, -0.25) is 9.88 Å². The number of halogens is 6. The molecule has 41 heavy (non-hydrogen) atoms. The number of urea groups is 1. The number of carbonyl (C=O) groups is 1. The predicted octanol–water partition coefficient (Wildman–Crippen LogP) is 7.37. The highest BCUT2D eigenvalue weighted by Gasteiger charge is 2.31. The molecule has 214 valence electrons. The van der Waals surface area contributed by atoms with Gasteiger partial charge in [0.15, 0.2) is 0 Å². The van der Waals surface area contributed by atoms with Gasteiger partial charge in [-0.1, -0.05) is 24.3 Å². The van der Waals surface area contributed by atoms with Gasteiger partial charge in [0.05, 0.1) is 16.6 Å². The zero-order valence-corrected chi connectivity index (χ0v) is 21.6.